The van der Waals surface area contributed by atoms with Gasteiger partial charge in [-0.25, -0.2) is 4.99 Å². The highest BCUT2D eigenvalue weighted by molar-refractivity contribution is 8.18. The number of nitro groups is 2. The van der Waals surface area contributed by atoms with E-state index in [2.05, 4.69) is 10.3 Å². The molecule has 1 aromatic heterocycles. The largest absolute Gasteiger partial charge is 0.433 e. The lowest BCUT2D eigenvalue weighted by molar-refractivity contribution is -0.402. The number of benzene rings is 1. The van der Waals surface area contributed by atoms with E-state index in [0.717, 1.165) is 11.8 Å². The fourth-order valence-electron chi connectivity index (χ4n) is 2.08. The van der Waals surface area contributed by atoms with Crippen molar-refractivity contribution in [3.05, 3.63) is 79.4 Å². The summed E-state index contributed by atoms with van der Waals surface area (Å²) < 4.78 is 4.96. The van der Waals surface area contributed by atoms with Crippen molar-refractivity contribution in [3.8, 4) is 0 Å². The van der Waals surface area contributed by atoms with E-state index < -0.39 is 15.8 Å². The summed E-state index contributed by atoms with van der Waals surface area (Å²) in [7, 11) is 0. The molecule has 1 aliphatic rings. The molecule has 1 N–H and O–H groups in total. The molecule has 1 fully saturated rings. The Bertz CT molecular complexity index is 1020. The highest BCUT2D eigenvalue weighted by Crippen LogP contribution is 2.31. The Morgan fingerprint density at radius 2 is 1.89 bits per heavy atom. The van der Waals surface area contributed by atoms with Crippen molar-refractivity contribution in [2.75, 3.05) is 0 Å². The first-order chi connectivity index (χ1) is 12.9. The summed E-state index contributed by atoms with van der Waals surface area (Å²) >= 11 is 1.02. The standard InChI is InChI=1S/C16H10N4O6S/c21-15-13(7-3-4-10-8-9-14(26-10)20(24)25)27-16(18-15)17-11-5-1-2-6-12(11)19(22)23/h1-9H,(H,17,18,21)/b4-3+,13-7-. The molecule has 0 bridgehead atoms. The molecule has 2 aromatic rings. The van der Waals surface area contributed by atoms with Gasteiger partial charge in [-0.15, -0.1) is 0 Å². The van der Waals surface area contributed by atoms with Crippen LogP contribution in [0.4, 0.5) is 17.3 Å². The Balaban J connectivity index is 1.75. The van der Waals surface area contributed by atoms with Crippen molar-refractivity contribution in [3.63, 3.8) is 0 Å². The molecule has 2 heterocycles. The van der Waals surface area contributed by atoms with Crippen molar-refractivity contribution in [1.29, 1.82) is 0 Å². The molecule has 0 unspecified atom stereocenters. The third-order valence-electron chi connectivity index (χ3n) is 3.25. The number of para-hydroxylation sites is 2. The van der Waals surface area contributed by atoms with Gasteiger partial charge in [-0.3, -0.25) is 25.0 Å². The molecule has 10 nitrogen and oxygen atoms in total. The first-order valence-corrected chi connectivity index (χ1v) is 8.19. The van der Waals surface area contributed by atoms with Crippen LogP contribution >= 0.6 is 11.8 Å². The van der Waals surface area contributed by atoms with Crippen molar-refractivity contribution in [2.24, 2.45) is 4.99 Å². The minimum Gasteiger partial charge on any atom is -0.401 e. The number of nitrogens with one attached hydrogen (secondary N) is 1. The summed E-state index contributed by atoms with van der Waals surface area (Å²) in [6.45, 7) is 0. The van der Waals surface area contributed by atoms with Gasteiger partial charge in [-0.1, -0.05) is 18.2 Å². The van der Waals surface area contributed by atoms with Gasteiger partial charge in [0.1, 0.15) is 16.4 Å². The molecule has 0 saturated carbocycles. The molecule has 27 heavy (non-hydrogen) atoms. The van der Waals surface area contributed by atoms with Crippen LogP contribution in [0.15, 0.2) is 62.9 Å². The van der Waals surface area contributed by atoms with E-state index in [-0.39, 0.29) is 28.2 Å². The second-order valence-electron chi connectivity index (χ2n) is 5.04. The molecule has 1 amide bonds. The molecule has 136 valence electrons. The minimum absolute atomic E-state index is 0.130. The summed E-state index contributed by atoms with van der Waals surface area (Å²) in [6, 6.07) is 8.58. The zero-order valence-electron chi connectivity index (χ0n) is 13.4. The van der Waals surface area contributed by atoms with Crippen molar-refractivity contribution in [2.45, 2.75) is 0 Å². The number of allylic oxidation sites excluding steroid dienone is 2. The normalized spacial score (nSPS) is 17.0. The third kappa shape index (κ3) is 4.27. The van der Waals surface area contributed by atoms with E-state index in [1.165, 1.54) is 48.6 Å². The topological polar surface area (TPSA) is 141 Å². The molecular formula is C16H10N4O6S. The van der Waals surface area contributed by atoms with E-state index in [9.17, 15) is 25.0 Å². The second-order valence-corrected chi connectivity index (χ2v) is 6.07. The molecular weight excluding hydrogens is 376 g/mol. The van der Waals surface area contributed by atoms with Crippen LogP contribution in [-0.4, -0.2) is 20.9 Å². The van der Waals surface area contributed by atoms with Gasteiger partial charge in [0.15, 0.2) is 5.17 Å². The molecule has 0 atom stereocenters. The van der Waals surface area contributed by atoms with Crippen molar-refractivity contribution >= 4 is 46.2 Å². The van der Waals surface area contributed by atoms with Crippen LogP contribution < -0.4 is 5.32 Å². The maximum absolute atomic E-state index is 12.0. The number of thioether (sulfide) groups is 1. The molecule has 3 rings (SSSR count). The van der Waals surface area contributed by atoms with Crippen LogP contribution in [0.1, 0.15) is 5.76 Å². The number of aliphatic imine (C=N–C) groups is 1. The van der Waals surface area contributed by atoms with Crippen LogP contribution in [0.25, 0.3) is 6.08 Å². The molecule has 1 aliphatic heterocycles. The number of nitrogens with zero attached hydrogens (tertiary/aromatic N) is 3. The zero-order valence-corrected chi connectivity index (χ0v) is 14.2. The lowest BCUT2D eigenvalue weighted by atomic mass is 10.3. The average molecular weight is 386 g/mol. The number of carbonyl (C=O) groups is 1. The van der Waals surface area contributed by atoms with E-state index in [1.54, 1.807) is 6.07 Å². The SMILES string of the molecule is O=C1NC(=Nc2ccccc2[N+](=O)[O-])S/C1=C\C=C\c1ccc([N+](=O)[O-])o1. The Morgan fingerprint density at radius 3 is 2.59 bits per heavy atom. The van der Waals surface area contributed by atoms with E-state index in [0.29, 0.717) is 4.91 Å². The first-order valence-electron chi connectivity index (χ1n) is 7.38. The van der Waals surface area contributed by atoms with Crippen LogP contribution in [0.3, 0.4) is 0 Å². The maximum atomic E-state index is 12.0. The number of hydrogen-bond acceptors (Lipinski definition) is 8. The molecule has 0 radical (unpaired) electrons. The van der Waals surface area contributed by atoms with E-state index in [1.807, 2.05) is 0 Å². The number of hydrogen-bond donors (Lipinski definition) is 1. The lowest BCUT2D eigenvalue weighted by Crippen LogP contribution is -2.19. The highest BCUT2D eigenvalue weighted by Gasteiger charge is 2.24. The number of nitro benzene ring substituents is 1. The van der Waals surface area contributed by atoms with Crippen LogP contribution in [0.5, 0.6) is 0 Å². The number of furan rings is 1. The number of amidine groups is 1. The summed E-state index contributed by atoms with van der Waals surface area (Å²) in [5, 5.41) is 24.3. The monoisotopic (exact) mass is 386 g/mol. The highest BCUT2D eigenvalue weighted by atomic mass is 32.2. The summed E-state index contributed by atoms with van der Waals surface area (Å²) in [4.78, 5) is 36.8. The van der Waals surface area contributed by atoms with Gasteiger partial charge in [0.2, 0.25) is 0 Å². The van der Waals surface area contributed by atoms with E-state index >= 15 is 0 Å². The Morgan fingerprint density at radius 1 is 1.11 bits per heavy atom. The van der Waals surface area contributed by atoms with Crippen LogP contribution in [-0.2, 0) is 4.79 Å². The zero-order chi connectivity index (χ0) is 19.4. The summed E-state index contributed by atoms with van der Waals surface area (Å²) in [5.74, 6) is -0.530. The lowest BCUT2D eigenvalue weighted by Gasteiger charge is -1.97. The smallest absolute Gasteiger partial charge is 0.401 e. The molecule has 0 aliphatic carbocycles. The average Bonchev–Trinajstić information content (AvgIpc) is 3.22. The predicted molar refractivity (Wildman–Crippen MR) is 98.4 cm³/mol. The molecule has 11 heteroatoms. The Hall–Kier alpha value is -3.73. The van der Waals surface area contributed by atoms with Gasteiger partial charge < -0.3 is 9.73 Å². The van der Waals surface area contributed by atoms with Gasteiger partial charge in [-0.2, -0.15) is 0 Å². The van der Waals surface area contributed by atoms with Crippen LogP contribution in [0.2, 0.25) is 0 Å². The predicted octanol–water partition coefficient (Wildman–Crippen LogP) is 3.54. The van der Waals surface area contributed by atoms with E-state index in [4.69, 9.17) is 4.42 Å². The van der Waals surface area contributed by atoms with Gasteiger partial charge in [0, 0.05) is 6.07 Å². The van der Waals surface area contributed by atoms with Gasteiger partial charge in [-0.05, 0) is 36.0 Å². The number of carbonyl (C=O) groups excluding carboxylic acids is 1. The molecule has 1 aromatic carbocycles. The van der Waals surface area contributed by atoms with Gasteiger partial charge >= 0.3 is 5.88 Å². The fourth-order valence-corrected chi connectivity index (χ4v) is 2.86. The van der Waals surface area contributed by atoms with Crippen LogP contribution in [0, 0.1) is 20.2 Å². The minimum atomic E-state index is -0.651. The Labute approximate surface area is 155 Å². The second kappa shape index (κ2) is 7.66. The maximum Gasteiger partial charge on any atom is 0.433 e. The number of amides is 1. The summed E-state index contributed by atoms with van der Waals surface area (Å²) in [5.41, 5.74) is -0.0402. The first kappa shape index (κ1) is 18.1. The number of rotatable bonds is 5. The van der Waals surface area contributed by atoms with Crippen molar-refractivity contribution < 1.29 is 19.1 Å². The van der Waals surface area contributed by atoms with Gasteiger partial charge in [0.05, 0.1) is 15.9 Å². The molecule has 1 saturated heterocycles. The van der Waals surface area contributed by atoms with Crippen molar-refractivity contribution in [1.82, 2.24) is 5.32 Å². The quantitative estimate of drug-likeness (QED) is 0.470. The molecule has 0 spiro atoms. The third-order valence-corrected chi connectivity index (χ3v) is 4.18. The fraction of sp³-hybridized carbons (Fsp3) is 0. The Kier molecular flexibility index (Phi) is 5.13. The summed E-state index contributed by atoms with van der Waals surface area (Å²) in [6.07, 6.45) is 4.44. The van der Waals surface area contributed by atoms with Gasteiger partial charge in [0.25, 0.3) is 11.6 Å².